The normalized spacial score (nSPS) is 11.6. The van der Waals surface area contributed by atoms with Crippen LogP contribution < -0.4 is 5.73 Å². The lowest BCUT2D eigenvalue weighted by molar-refractivity contribution is 0.597. The van der Waals surface area contributed by atoms with E-state index in [1.807, 2.05) is 0 Å². The zero-order valence-corrected chi connectivity index (χ0v) is 10.9. The number of benzene rings is 1. The van der Waals surface area contributed by atoms with Gasteiger partial charge in [-0.05, 0) is 23.8 Å². The van der Waals surface area contributed by atoms with E-state index < -0.39 is 9.84 Å². The molecule has 6 heteroatoms. The van der Waals surface area contributed by atoms with E-state index in [-0.39, 0.29) is 5.75 Å². The highest BCUT2D eigenvalue weighted by molar-refractivity contribution is 7.91. The summed E-state index contributed by atoms with van der Waals surface area (Å²) >= 11 is 0. The molecule has 1 aromatic heterocycles. The summed E-state index contributed by atoms with van der Waals surface area (Å²) in [5, 5.41) is 4.07. The number of nitrogen functional groups attached to an aromatic ring is 1. The van der Waals surface area contributed by atoms with Gasteiger partial charge in [-0.15, -0.1) is 0 Å². The quantitative estimate of drug-likeness (QED) is 0.904. The van der Waals surface area contributed by atoms with E-state index in [0.717, 1.165) is 5.56 Å². The molecule has 1 heterocycles. The van der Waals surface area contributed by atoms with Crippen LogP contribution in [-0.4, -0.2) is 24.0 Å². The molecule has 96 valence electrons. The first kappa shape index (κ1) is 12.6. The monoisotopic (exact) mass is 265 g/mol. The van der Waals surface area contributed by atoms with Crippen molar-refractivity contribution >= 4 is 15.7 Å². The van der Waals surface area contributed by atoms with Crippen LogP contribution in [0.15, 0.2) is 41.4 Å². The first-order valence-electron chi connectivity index (χ1n) is 5.62. The fraction of sp³-hybridized carbons (Fsp3) is 0.250. The van der Waals surface area contributed by atoms with Crippen molar-refractivity contribution in [3.8, 4) is 0 Å². The van der Waals surface area contributed by atoms with Gasteiger partial charge in [0.15, 0.2) is 9.84 Å². The lowest BCUT2D eigenvalue weighted by Gasteiger charge is -2.06. The van der Waals surface area contributed by atoms with Gasteiger partial charge in [-0.3, -0.25) is 0 Å². The van der Waals surface area contributed by atoms with E-state index in [9.17, 15) is 8.42 Å². The Bertz CT molecular complexity index is 630. The highest BCUT2D eigenvalue weighted by atomic mass is 32.2. The Balaban J connectivity index is 2.21. The van der Waals surface area contributed by atoms with Crippen molar-refractivity contribution in [1.82, 2.24) is 9.78 Å². The summed E-state index contributed by atoms with van der Waals surface area (Å²) in [6, 6.07) is 8.52. The van der Waals surface area contributed by atoms with Crippen LogP contribution >= 0.6 is 0 Å². The molecule has 0 aliphatic heterocycles. The molecule has 2 aromatic rings. The molecule has 0 aliphatic rings. The summed E-state index contributed by atoms with van der Waals surface area (Å²) in [6.07, 6.45) is 1.63. The minimum atomic E-state index is -3.13. The molecule has 5 nitrogen and oxygen atoms in total. The largest absolute Gasteiger partial charge is 0.384 e. The Kier molecular flexibility index (Phi) is 3.38. The van der Waals surface area contributed by atoms with Crippen molar-refractivity contribution in [3.63, 3.8) is 0 Å². The van der Waals surface area contributed by atoms with Crippen molar-refractivity contribution in [3.05, 3.63) is 42.1 Å². The predicted octanol–water partition coefficient (Wildman–Crippen LogP) is 1.31. The number of nitrogens with two attached hydrogens (primary N) is 1. The summed E-state index contributed by atoms with van der Waals surface area (Å²) in [7, 11) is -3.13. The van der Waals surface area contributed by atoms with Gasteiger partial charge in [-0.2, -0.15) is 5.10 Å². The molecule has 0 unspecified atom stereocenters. The third kappa shape index (κ3) is 2.53. The summed E-state index contributed by atoms with van der Waals surface area (Å²) in [5.41, 5.74) is 6.67. The van der Waals surface area contributed by atoms with Crippen LogP contribution in [0.1, 0.15) is 12.5 Å². The van der Waals surface area contributed by atoms with Crippen molar-refractivity contribution in [2.75, 3.05) is 11.5 Å². The van der Waals surface area contributed by atoms with E-state index in [1.165, 1.54) is 0 Å². The van der Waals surface area contributed by atoms with Gasteiger partial charge in [-0.25, -0.2) is 13.1 Å². The molecule has 0 bridgehead atoms. The van der Waals surface area contributed by atoms with Crippen molar-refractivity contribution in [2.24, 2.45) is 0 Å². The maximum Gasteiger partial charge on any atom is 0.178 e. The molecule has 0 amide bonds. The molecule has 1 aromatic carbocycles. The highest BCUT2D eigenvalue weighted by Gasteiger charge is 2.10. The number of nitrogens with zero attached hydrogens (tertiary/aromatic N) is 2. The topological polar surface area (TPSA) is 78.0 Å². The van der Waals surface area contributed by atoms with Gasteiger partial charge >= 0.3 is 0 Å². The fourth-order valence-corrected chi connectivity index (χ4v) is 2.50. The molecule has 18 heavy (non-hydrogen) atoms. The first-order valence-corrected chi connectivity index (χ1v) is 7.27. The fourth-order valence-electron chi connectivity index (χ4n) is 1.62. The van der Waals surface area contributed by atoms with Crippen LogP contribution in [0.3, 0.4) is 0 Å². The molecule has 0 atom stereocenters. The second-order valence-corrected chi connectivity index (χ2v) is 6.24. The zero-order chi connectivity index (χ0) is 13.2. The maximum atomic E-state index is 11.6. The van der Waals surface area contributed by atoms with Crippen molar-refractivity contribution in [2.45, 2.75) is 18.4 Å². The van der Waals surface area contributed by atoms with Crippen LogP contribution in [0.4, 0.5) is 5.82 Å². The molecule has 0 saturated carbocycles. The number of aromatic nitrogens is 2. The molecular formula is C12H15N3O2S. The van der Waals surface area contributed by atoms with Crippen LogP contribution in [0, 0.1) is 0 Å². The Morgan fingerprint density at radius 1 is 1.22 bits per heavy atom. The Labute approximate surface area is 106 Å². The molecule has 0 spiro atoms. The van der Waals surface area contributed by atoms with Gasteiger partial charge in [0.05, 0.1) is 23.4 Å². The molecular weight excluding hydrogens is 250 g/mol. The van der Waals surface area contributed by atoms with E-state index >= 15 is 0 Å². The third-order valence-electron chi connectivity index (χ3n) is 2.74. The molecule has 0 aliphatic carbocycles. The second kappa shape index (κ2) is 4.81. The van der Waals surface area contributed by atoms with E-state index in [1.54, 1.807) is 48.1 Å². The number of rotatable bonds is 4. The standard InChI is InChI=1S/C12H15N3O2S/c1-2-18(16,17)11-5-3-10(4-6-11)9-15-12(13)7-8-14-15/h3-8H,2,9,13H2,1H3. The summed E-state index contributed by atoms with van der Waals surface area (Å²) in [6.45, 7) is 2.17. The smallest absolute Gasteiger partial charge is 0.178 e. The predicted molar refractivity (Wildman–Crippen MR) is 69.9 cm³/mol. The van der Waals surface area contributed by atoms with E-state index in [4.69, 9.17) is 5.73 Å². The summed E-state index contributed by atoms with van der Waals surface area (Å²) < 4.78 is 24.9. The van der Waals surface area contributed by atoms with Gasteiger partial charge in [0, 0.05) is 0 Å². The van der Waals surface area contributed by atoms with Gasteiger partial charge in [-0.1, -0.05) is 19.1 Å². The average molecular weight is 265 g/mol. The highest BCUT2D eigenvalue weighted by Crippen LogP contribution is 2.13. The van der Waals surface area contributed by atoms with Crippen LogP contribution in [-0.2, 0) is 16.4 Å². The van der Waals surface area contributed by atoms with Crippen molar-refractivity contribution in [1.29, 1.82) is 0 Å². The average Bonchev–Trinajstić information content (AvgIpc) is 2.76. The Morgan fingerprint density at radius 3 is 2.39 bits per heavy atom. The first-order chi connectivity index (χ1) is 8.53. The molecule has 0 fully saturated rings. The second-order valence-electron chi connectivity index (χ2n) is 3.96. The van der Waals surface area contributed by atoms with Crippen LogP contribution in [0.25, 0.3) is 0 Å². The molecule has 2 rings (SSSR count). The van der Waals surface area contributed by atoms with Crippen LogP contribution in [0.2, 0.25) is 0 Å². The molecule has 0 radical (unpaired) electrons. The van der Waals surface area contributed by atoms with E-state index in [0.29, 0.717) is 17.3 Å². The summed E-state index contributed by atoms with van der Waals surface area (Å²) in [4.78, 5) is 0.349. The number of sulfone groups is 1. The molecule has 0 saturated heterocycles. The molecule has 2 N–H and O–H groups in total. The minimum Gasteiger partial charge on any atom is -0.384 e. The lowest BCUT2D eigenvalue weighted by Crippen LogP contribution is -2.07. The van der Waals surface area contributed by atoms with Gasteiger partial charge in [0.2, 0.25) is 0 Å². The minimum absolute atomic E-state index is 0.110. The number of anilines is 1. The van der Waals surface area contributed by atoms with Gasteiger partial charge in [0.25, 0.3) is 0 Å². The lowest BCUT2D eigenvalue weighted by atomic mass is 10.2. The zero-order valence-electron chi connectivity index (χ0n) is 10.1. The SMILES string of the molecule is CCS(=O)(=O)c1ccc(Cn2nccc2N)cc1. The van der Waals surface area contributed by atoms with Crippen LogP contribution in [0.5, 0.6) is 0 Å². The Morgan fingerprint density at radius 2 is 1.89 bits per heavy atom. The summed E-state index contributed by atoms with van der Waals surface area (Å²) in [5.74, 6) is 0.693. The Hall–Kier alpha value is -1.82. The van der Waals surface area contributed by atoms with Gasteiger partial charge < -0.3 is 5.73 Å². The number of hydrogen-bond donors (Lipinski definition) is 1. The van der Waals surface area contributed by atoms with Crippen molar-refractivity contribution < 1.29 is 8.42 Å². The number of hydrogen-bond acceptors (Lipinski definition) is 4. The van der Waals surface area contributed by atoms with E-state index in [2.05, 4.69) is 5.10 Å². The van der Waals surface area contributed by atoms with Gasteiger partial charge in [0.1, 0.15) is 5.82 Å². The maximum absolute atomic E-state index is 11.6. The third-order valence-corrected chi connectivity index (χ3v) is 4.49.